The highest BCUT2D eigenvalue weighted by Crippen LogP contribution is 2.34. The van der Waals surface area contributed by atoms with Gasteiger partial charge in [0.05, 0.1) is 0 Å². The SMILES string of the molecule is Fc1cc(F)cc(COc2ccn3c(CC4CC4)nnc3c2Cl)c1. The highest BCUT2D eigenvalue weighted by atomic mass is 35.5. The highest BCUT2D eigenvalue weighted by molar-refractivity contribution is 6.34. The molecule has 2 heterocycles. The smallest absolute Gasteiger partial charge is 0.183 e. The van der Waals surface area contributed by atoms with Gasteiger partial charge in [0, 0.05) is 18.7 Å². The fraction of sp³-hybridized carbons (Fsp3) is 0.294. The maximum atomic E-state index is 13.2. The second-order valence-corrected chi connectivity index (χ2v) is 6.40. The minimum atomic E-state index is -0.641. The number of hydrogen-bond donors (Lipinski definition) is 0. The predicted octanol–water partition coefficient (Wildman–Crippen LogP) is 4.19. The van der Waals surface area contributed by atoms with Crippen molar-refractivity contribution >= 4 is 17.2 Å². The van der Waals surface area contributed by atoms with Gasteiger partial charge in [-0.3, -0.25) is 4.40 Å². The van der Waals surface area contributed by atoms with Gasteiger partial charge < -0.3 is 4.74 Å². The monoisotopic (exact) mass is 349 g/mol. The minimum absolute atomic E-state index is 0.00758. The normalized spacial score (nSPS) is 14.3. The van der Waals surface area contributed by atoms with Crippen LogP contribution in [0.5, 0.6) is 5.75 Å². The van der Waals surface area contributed by atoms with E-state index in [0.717, 1.165) is 18.3 Å². The Morgan fingerprint density at radius 2 is 1.92 bits per heavy atom. The molecule has 0 aliphatic heterocycles. The molecule has 2 aromatic heterocycles. The topological polar surface area (TPSA) is 39.4 Å². The Labute approximate surface area is 142 Å². The molecule has 0 bridgehead atoms. The third-order valence-electron chi connectivity index (χ3n) is 4.04. The maximum Gasteiger partial charge on any atom is 0.183 e. The third-order valence-corrected chi connectivity index (χ3v) is 4.39. The van der Waals surface area contributed by atoms with Crippen molar-refractivity contribution < 1.29 is 13.5 Å². The van der Waals surface area contributed by atoms with Crippen LogP contribution in [-0.2, 0) is 13.0 Å². The van der Waals surface area contributed by atoms with Gasteiger partial charge in [0.25, 0.3) is 0 Å². The summed E-state index contributed by atoms with van der Waals surface area (Å²) in [4.78, 5) is 0. The minimum Gasteiger partial charge on any atom is -0.487 e. The van der Waals surface area contributed by atoms with Gasteiger partial charge in [-0.05, 0) is 42.5 Å². The van der Waals surface area contributed by atoms with Crippen molar-refractivity contribution in [2.24, 2.45) is 5.92 Å². The molecule has 0 saturated heterocycles. The van der Waals surface area contributed by atoms with Crippen LogP contribution in [0.3, 0.4) is 0 Å². The van der Waals surface area contributed by atoms with Crippen LogP contribution in [0.25, 0.3) is 5.65 Å². The van der Waals surface area contributed by atoms with Crippen LogP contribution in [0.1, 0.15) is 24.2 Å². The molecule has 0 atom stereocenters. The van der Waals surface area contributed by atoms with Crippen molar-refractivity contribution in [1.82, 2.24) is 14.6 Å². The molecule has 1 saturated carbocycles. The second-order valence-electron chi connectivity index (χ2n) is 6.02. The molecule has 0 spiro atoms. The van der Waals surface area contributed by atoms with Gasteiger partial charge in [0.15, 0.2) is 5.65 Å². The fourth-order valence-corrected chi connectivity index (χ4v) is 2.89. The number of aromatic nitrogens is 3. The first-order valence-electron chi connectivity index (χ1n) is 7.70. The molecule has 1 aliphatic rings. The molecule has 0 amide bonds. The first kappa shape index (κ1) is 15.3. The van der Waals surface area contributed by atoms with E-state index >= 15 is 0 Å². The van der Waals surface area contributed by atoms with Crippen LogP contribution < -0.4 is 4.74 Å². The van der Waals surface area contributed by atoms with Gasteiger partial charge in [-0.15, -0.1) is 10.2 Å². The molecule has 1 fully saturated rings. The lowest BCUT2D eigenvalue weighted by Crippen LogP contribution is -2.00. The Morgan fingerprint density at radius 3 is 2.62 bits per heavy atom. The average Bonchev–Trinajstić information content (AvgIpc) is 3.25. The summed E-state index contributed by atoms with van der Waals surface area (Å²) in [7, 11) is 0. The number of hydrogen-bond acceptors (Lipinski definition) is 3. The van der Waals surface area contributed by atoms with E-state index in [1.54, 1.807) is 12.3 Å². The summed E-state index contributed by atoms with van der Waals surface area (Å²) in [5, 5.41) is 8.65. The van der Waals surface area contributed by atoms with E-state index in [1.807, 2.05) is 4.40 Å². The van der Waals surface area contributed by atoms with Gasteiger partial charge in [0.1, 0.15) is 34.8 Å². The summed E-state index contributed by atoms with van der Waals surface area (Å²) in [5.74, 6) is 0.692. The summed E-state index contributed by atoms with van der Waals surface area (Å²) < 4.78 is 33.9. The lowest BCUT2D eigenvalue weighted by molar-refractivity contribution is 0.305. The molecule has 4 nitrogen and oxygen atoms in total. The Morgan fingerprint density at radius 1 is 1.17 bits per heavy atom. The van der Waals surface area contributed by atoms with Crippen LogP contribution >= 0.6 is 11.6 Å². The van der Waals surface area contributed by atoms with Crippen LogP contribution in [-0.4, -0.2) is 14.6 Å². The molecule has 0 N–H and O–H groups in total. The zero-order valence-corrected chi connectivity index (χ0v) is 13.4. The van der Waals surface area contributed by atoms with Gasteiger partial charge in [0.2, 0.25) is 0 Å². The second kappa shape index (κ2) is 6.02. The van der Waals surface area contributed by atoms with Crippen molar-refractivity contribution in [2.75, 3.05) is 0 Å². The Bertz CT molecular complexity index is 888. The van der Waals surface area contributed by atoms with E-state index in [1.165, 1.54) is 25.0 Å². The number of benzene rings is 1. The molecule has 0 unspecified atom stereocenters. The number of rotatable bonds is 5. The van der Waals surface area contributed by atoms with Crippen LogP contribution in [0.4, 0.5) is 8.78 Å². The number of halogens is 3. The van der Waals surface area contributed by atoms with Crippen molar-refractivity contribution in [3.8, 4) is 5.75 Å². The van der Waals surface area contributed by atoms with E-state index < -0.39 is 11.6 Å². The largest absolute Gasteiger partial charge is 0.487 e. The van der Waals surface area contributed by atoms with Gasteiger partial charge in [-0.2, -0.15) is 0 Å². The first-order valence-corrected chi connectivity index (χ1v) is 8.08. The van der Waals surface area contributed by atoms with E-state index in [4.69, 9.17) is 16.3 Å². The van der Waals surface area contributed by atoms with E-state index in [-0.39, 0.29) is 6.61 Å². The lowest BCUT2D eigenvalue weighted by atomic mass is 10.2. The molecule has 3 aromatic rings. The molecule has 24 heavy (non-hydrogen) atoms. The Hall–Kier alpha value is -2.21. The molecule has 1 aromatic carbocycles. The summed E-state index contributed by atoms with van der Waals surface area (Å²) in [6, 6.07) is 4.98. The summed E-state index contributed by atoms with van der Waals surface area (Å²) in [6.45, 7) is 0.00758. The number of ether oxygens (including phenoxy) is 1. The molecular weight excluding hydrogens is 336 g/mol. The number of pyridine rings is 1. The van der Waals surface area contributed by atoms with Crippen LogP contribution in [0.15, 0.2) is 30.5 Å². The first-order chi connectivity index (χ1) is 11.6. The van der Waals surface area contributed by atoms with Crippen molar-refractivity contribution in [1.29, 1.82) is 0 Å². The molecule has 1 aliphatic carbocycles. The zero-order valence-electron chi connectivity index (χ0n) is 12.7. The zero-order chi connectivity index (χ0) is 16.7. The molecular formula is C17H14ClF2N3O. The van der Waals surface area contributed by atoms with Crippen molar-refractivity contribution in [3.63, 3.8) is 0 Å². The van der Waals surface area contributed by atoms with Crippen molar-refractivity contribution in [2.45, 2.75) is 25.9 Å². The summed E-state index contributed by atoms with van der Waals surface area (Å²) in [6.07, 6.45) is 5.16. The quantitative estimate of drug-likeness (QED) is 0.693. The highest BCUT2D eigenvalue weighted by Gasteiger charge is 2.24. The van der Waals surface area contributed by atoms with E-state index in [2.05, 4.69) is 10.2 Å². The molecule has 124 valence electrons. The average molecular weight is 350 g/mol. The van der Waals surface area contributed by atoms with Gasteiger partial charge in [-0.1, -0.05) is 11.6 Å². The van der Waals surface area contributed by atoms with Crippen molar-refractivity contribution in [3.05, 3.63) is 58.5 Å². The maximum absolute atomic E-state index is 13.2. The number of nitrogens with zero attached hydrogens (tertiary/aromatic N) is 3. The van der Waals surface area contributed by atoms with Gasteiger partial charge in [-0.25, -0.2) is 8.78 Å². The molecule has 0 radical (unpaired) electrons. The van der Waals surface area contributed by atoms with Crippen LogP contribution in [0.2, 0.25) is 5.02 Å². The summed E-state index contributed by atoms with van der Waals surface area (Å²) in [5.41, 5.74) is 0.912. The Balaban J connectivity index is 1.56. The Kier molecular flexibility index (Phi) is 3.84. The number of fused-ring (bicyclic) bond motifs is 1. The predicted molar refractivity (Wildman–Crippen MR) is 85.1 cm³/mol. The van der Waals surface area contributed by atoms with E-state index in [9.17, 15) is 8.78 Å². The lowest BCUT2D eigenvalue weighted by Gasteiger charge is -2.09. The molecule has 7 heteroatoms. The van der Waals surface area contributed by atoms with Crippen LogP contribution in [0, 0.1) is 17.6 Å². The fourth-order valence-electron chi connectivity index (χ4n) is 2.64. The third kappa shape index (κ3) is 3.06. The molecule has 4 rings (SSSR count). The van der Waals surface area contributed by atoms with Gasteiger partial charge >= 0.3 is 0 Å². The van der Waals surface area contributed by atoms with E-state index in [0.29, 0.717) is 27.9 Å². The standard InChI is InChI=1S/C17H14ClF2N3O/c18-16-14(24-9-11-5-12(19)8-13(20)6-11)3-4-23-15(7-10-1-2-10)21-22-17(16)23/h3-6,8,10H,1-2,7,9H2. The summed E-state index contributed by atoms with van der Waals surface area (Å²) >= 11 is 6.34.